The second kappa shape index (κ2) is 7.93. The van der Waals surface area contributed by atoms with E-state index in [9.17, 15) is 0 Å². The van der Waals surface area contributed by atoms with E-state index in [-0.39, 0.29) is 0 Å². The number of aromatic nitrogens is 2. The van der Waals surface area contributed by atoms with Crippen molar-refractivity contribution >= 4 is 11.8 Å². The van der Waals surface area contributed by atoms with Crippen molar-refractivity contribution in [3.05, 3.63) is 90.1 Å². The van der Waals surface area contributed by atoms with Gasteiger partial charge in [0.05, 0.1) is 0 Å². The second-order valence-electron chi connectivity index (χ2n) is 5.54. The minimum Gasteiger partial charge on any atom is -0.233 e. The van der Waals surface area contributed by atoms with Crippen LogP contribution in [0.15, 0.2) is 78.3 Å². The van der Waals surface area contributed by atoms with Crippen LogP contribution in [-0.4, -0.2) is 15.7 Å². The summed E-state index contributed by atoms with van der Waals surface area (Å²) in [5, 5.41) is 1.05. The molecule has 3 aromatic rings. The summed E-state index contributed by atoms with van der Waals surface area (Å²) < 4.78 is 0. The Kier molecular flexibility index (Phi) is 5.44. The lowest BCUT2D eigenvalue weighted by Crippen LogP contribution is -2.03. The number of nitrogens with zero attached hydrogens (tertiary/aromatic N) is 2. The Labute approximate surface area is 147 Å². The Hall–Kier alpha value is -2.39. The third kappa shape index (κ3) is 3.92. The minimum absolute atomic E-state index is 0.788. The van der Waals surface area contributed by atoms with Crippen LogP contribution in [0.1, 0.15) is 16.8 Å². The molecule has 0 saturated heterocycles. The summed E-state index contributed by atoms with van der Waals surface area (Å²) in [5.74, 6) is 1.63. The van der Waals surface area contributed by atoms with Crippen LogP contribution in [0.3, 0.4) is 0 Å². The molecule has 3 heteroatoms. The molecule has 120 valence electrons. The van der Waals surface area contributed by atoms with Gasteiger partial charge in [0.25, 0.3) is 0 Å². The van der Waals surface area contributed by atoms with E-state index in [4.69, 9.17) is 9.97 Å². The normalized spacial score (nSPS) is 10.5. The smallest absolute Gasteiger partial charge is 0.160 e. The maximum Gasteiger partial charge on any atom is 0.160 e. The minimum atomic E-state index is 0.788. The molecule has 2 aromatic carbocycles. The number of hydrogen-bond donors (Lipinski definition) is 0. The SMILES string of the molecule is C=CCSc1nc(-c2ccccc2)nc(C)c1Cc1ccccc1. The van der Waals surface area contributed by atoms with Crippen molar-refractivity contribution in [1.82, 2.24) is 9.97 Å². The van der Waals surface area contributed by atoms with Crippen LogP contribution >= 0.6 is 11.8 Å². The van der Waals surface area contributed by atoms with E-state index >= 15 is 0 Å². The van der Waals surface area contributed by atoms with Crippen molar-refractivity contribution in [3.63, 3.8) is 0 Å². The summed E-state index contributed by atoms with van der Waals surface area (Å²) in [6.07, 6.45) is 2.76. The number of hydrogen-bond acceptors (Lipinski definition) is 3. The molecule has 0 spiro atoms. The zero-order chi connectivity index (χ0) is 16.8. The Morgan fingerprint density at radius 2 is 1.62 bits per heavy atom. The van der Waals surface area contributed by atoms with Gasteiger partial charge in [0, 0.05) is 29.0 Å². The second-order valence-corrected chi connectivity index (χ2v) is 6.55. The predicted molar refractivity (Wildman–Crippen MR) is 102 cm³/mol. The molecule has 0 N–H and O–H groups in total. The molecule has 0 fully saturated rings. The van der Waals surface area contributed by atoms with Gasteiger partial charge in [-0.15, -0.1) is 18.3 Å². The van der Waals surface area contributed by atoms with E-state index in [1.807, 2.05) is 42.5 Å². The van der Waals surface area contributed by atoms with Crippen LogP contribution < -0.4 is 0 Å². The third-order valence-electron chi connectivity index (χ3n) is 3.77. The Morgan fingerprint density at radius 1 is 0.958 bits per heavy atom. The highest BCUT2D eigenvalue weighted by Gasteiger charge is 2.13. The lowest BCUT2D eigenvalue weighted by Gasteiger charge is -2.13. The van der Waals surface area contributed by atoms with Crippen molar-refractivity contribution in [2.24, 2.45) is 0 Å². The largest absolute Gasteiger partial charge is 0.233 e. The topological polar surface area (TPSA) is 25.8 Å². The van der Waals surface area contributed by atoms with Crippen LogP contribution in [0.4, 0.5) is 0 Å². The lowest BCUT2D eigenvalue weighted by molar-refractivity contribution is 0.934. The van der Waals surface area contributed by atoms with Gasteiger partial charge in [0.15, 0.2) is 5.82 Å². The van der Waals surface area contributed by atoms with E-state index in [1.54, 1.807) is 11.8 Å². The summed E-state index contributed by atoms with van der Waals surface area (Å²) in [7, 11) is 0. The van der Waals surface area contributed by atoms with E-state index in [0.29, 0.717) is 0 Å². The van der Waals surface area contributed by atoms with Gasteiger partial charge in [-0.25, -0.2) is 9.97 Å². The van der Waals surface area contributed by atoms with Gasteiger partial charge in [-0.1, -0.05) is 66.7 Å². The van der Waals surface area contributed by atoms with E-state index < -0.39 is 0 Å². The molecular weight excluding hydrogens is 312 g/mol. The van der Waals surface area contributed by atoms with Crippen LogP contribution in [0, 0.1) is 6.92 Å². The Bertz CT molecular complexity index is 814. The fourth-order valence-electron chi connectivity index (χ4n) is 2.55. The number of rotatable bonds is 6. The average Bonchev–Trinajstić information content (AvgIpc) is 2.63. The van der Waals surface area contributed by atoms with Crippen LogP contribution in [0.2, 0.25) is 0 Å². The average molecular weight is 332 g/mol. The van der Waals surface area contributed by atoms with Gasteiger partial charge in [0.1, 0.15) is 5.03 Å². The fraction of sp³-hybridized carbons (Fsp3) is 0.143. The first-order valence-electron chi connectivity index (χ1n) is 7.98. The van der Waals surface area contributed by atoms with Crippen molar-refractivity contribution in [3.8, 4) is 11.4 Å². The van der Waals surface area contributed by atoms with E-state index in [2.05, 4.69) is 37.8 Å². The molecule has 0 unspecified atom stereocenters. The molecule has 0 saturated carbocycles. The number of aryl methyl sites for hydroxylation is 1. The van der Waals surface area contributed by atoms with Crippen molar-refractivity contribution < 1.29 is 0 Å². The first kappa shape index (κ1) is 16.5. The van der Waals surface area contributed by atoms with Crippen molar-refractivity contribution in [2.75, 3.05) is 5.75 Å². The highest BCUT2D eigenvalue weighted by molar-refractivity contribution is 7.99. The van der Waals surface area contributed by atoms with Gasteiger partial charge >= 0.3 is 0 Å². The summed E-state index contributed by atoms with van der Waals surface area (Å²) in [6, 6.07) is 20.6. The molecule has 0 atom stereocenters. The molecule has 0 aliphatic rings. The van der Waals surface area contributed by atoms with Crippen molar-refractivity contribution in [2.45, 2.75) is 18.4 Å². The number of thioether (sulfide) groups is 1. The molecular formula is C21H20N2S. The van der Waals surface area contributed by atoms with Gasteiger partial charge in [0.2, 0.25) is 0 Å². The molecule has 0 radical (unpaired) electrons. The third-order valence-corrected chi connectivity index (χ3v) is 4.78. The van der Waals surface area contributed by atoms with Gasteiger partial charge in [-0.2, -0.15) is 0 Å². The molecule has 0 bridgehead atoms. The maximum absolute atomic E-state index is 4.84. The maximum atomic E-state index is 4.84. The summed E-state index contributed by atoms with van der Waals surface area (Å²) >= 11 is 1.72. The predicted octanol–water partition coefficient (Wildman–Crippen LogP) is 5.32. The molecule has 1 aromatic heterocycles. The zero-order valence-corrected chi connectivity index (χ0v) is 14.6. The van der Waals surface area contributed by atoms with E-state index in [1.165, 1.54) is 11.1 Å². The number of benzene rings is 2. The van der Waals surface area contributed by atoms with Crippen LogP contribution in [0.5, 0.6) is 0 Å². The van der Waals surface area contributed by atoms with Crippen molar-refractivity contribution in [1.29, 1.82) is 0 Å². The van der Waals surface area contributed by atoms with Crippen LogP contribution in [0.25, 0.3) is 11.4 Å². The van der Waals surface area contributed by atoms with Gasteiger partial charge in [-0.05, 0) is 12.5 Å². The zero-order valence-electron chi connectivity index (χ0n) is 13.8. The monoisotopic (exact) mass is 332 g/mol. The molecule has 0 aliphatic carbocycles. The first-order valence-corrected chi connectivity index (χ1v) is 8.97. The van der Waals surface area contributed by atoms with Crippen LogP contribution in [-0.2, 0) is 6.42 Å². The fourth-order valence-corrected chi connectivity index (χ4v) is 3.37. The van der Waals surface area contributed by atoms with Gasteiger partial charge in [-0.3, -0.25) is 0 Å². The standard InChI is InChI=1S/C21H20N2S/c1-3-14-24-21-19(15-17-10-6-4-7-11-17)16(2)22-20(23-21)18-12-8-5-9-13-18/h3-13H,1,14-15H2,2H3. The molecule has 24 heavy (non-hydrogen) atoms. The molecule has 1 heterocycles. The summed E-state index contributed by atoms with van der Waals surface area (Å²) in [6.45, 7) is 5.90. The highest BCUT2D eigenvalue weighted by atomic mass is 32.2. The quantitative estimate of drug-likeness (QED) is 0.347. The molecule has 0 aliphatic heterocycles. The molecule has 2 nitrogen and oxygen atoms in total. The molecule has 3 rings (SSSR count). The summed E-state index contributed by atoms with van der Waals surface area (Å²) in [5.41, 5.74) is 4.57. The Morgan fingerprint density at radius 3 is 2.29 bits per heavy atom. The lowest BCUT2D eigenvalue weighted by atomic mass is 10.1. The molecule has 0 amide bonds. The summed E-state index contributed by atoms with van der Waals surface area (Å²) in [4.78, 5) is 9.60. The highest BCUT2D eigenvalue weighted by Crippen LogP contribution is 2.28. The van der Waals surface area contributed by atoms with Gasteiger partial charge < -0.3 is 0 Å². The Balaban J connectivity index is 2.02. The first-order chi connectivity index (χ1) is 11.8. The van der Waals surface area contributed by atoms with E-state index in [0.717, 1.165) is 34.3 Å².